The molecule has 2 saturated heterocycles. The van der Waals surface area contributed by atoms with Crippen molar-refractivity contribution < 1.29 is 18.0 Å². The van der Waals surface area contributed by atoms with Gasteiger partial charge in [0.15, 0.2) is 0 Å². The molecule has 8 nitrogen and oxygen atoms in total. The second-order valence-electron chi connectivity index (χ2n) is 8.97. The fourth-order valence-corrected chi connectivity index (χ4v) is 6.73. The monoisotopic (exact) mass is 398 g/mol. The molecule has 0 bridgehead atoms. The second kappa shape index (κ2) is 6.62. The maximum absolute atomic E-state index is 12.9. The molecule has 2 aliphatic heterocycles. The Kier molecular flexibility index (Phi) is 4.65. The molecule has 3 atom stereocenters. The zero-order valence-electron chi connectivity index (χ0n) is 16.2. The quantitative estimate of drug-likeness (QED) is 0.734. The topological polar surface area (TPSA) is 90.0 Å². The lowest BCUT2D eigenvalue weighted by molar-refractivity contribution is -0.133. The lowest BCUT2D eigenvalue weighted by atomic mass is 9.85. The van der Waals surface area contributed by atoms with Gasteiger partial charge < -0.3 is 14.7 Å². The number of likely N-dealkylation sites (N-methyl/N-ethyl adjacent to an activating group) is 1. The highest BCUT2D eigenvalue weighted by atomic mass is 32.2. The van der Waals surface area contributed by atoms with Gasteiger partial charge in [-0.1, -0.05) is 0 Å². The smallest absolute Gasteiger partial charge is 0.320 e. The molecule has 0 aromatic carbocycles. The number of amides is 3. The van der Waals surface area contributed by atoms with Crippen LogP contribution in [0.4, 0.5) is 4.79 Å². The Balaban J connectivity index is 1.41. The van der Waals surface area contributed by atoms with Gasteiger partial charge in [0.1, 0.15) is 6.54 Å². The van der Waals surface area contributed by atoms with E-state index in [0.29, 0.717) is 38.4 Å². The molecule has 2 aliphatic carbocycles. The number of rotatable bonds is 5. The van der Waals surface area contributed by atoms with Crippen LogP contribution in [0.25, 0.3) is 0 Å². The van der Waals surface area contributed by atoms with Crippen LogP contribution in [0.5, 0.6) is 0 Å². The SMILES string of the molecule is CN1CCN(CC(=O)N2CCC3CCC(S(=O)(=O)NC4(C)CC4)CC32)C1=O. The van der Waals surface area contributed by atoms with Crippen LogP contribution in [0.15, 0.2) is 0 Å². The zero-order valence-corrected chi connectivity index (χ0v) is 17.0. The van der Waals surface area contributed by atoms with Crippen LogP contribution < -0.4 is 4.72 Å². The Morgan fingerprint density at radius 2 is 1.93 bits per heavy atom. The molecule has 4 rings (SSSR count). The third-order valence-electron chi connectivity index (χ3n) is 6.83. The lowest BCUT2D eigenvalue weighted by Gasteiger charge is -2.36. The van der Waals surface area contributed by atoms with E-state index in [0.717, 1.165) is 25.7 Å². The predicted molar refractivity (Wildman–Crippen MR) is 101 cm³/mol. The van der Waals surface area contributed by atoms with Crippen molar-refractivity contribution in [1.29, 1.82) is 0 Å². The molecular weight excluding hydrogens is 368 g/mol. The van der Waals surface area contributed by atoms with Crippen LogP contribution in [-0.2, 0) is 14.8 Å². The minimum absolute atomic E-state index is 0.0183. The molecule has 2 heterocycles. The van der Waals surface area contributed by atoms with Gasteiger partial charge in [-0.15, -0.1) is 0 Å². The number of urea groups is 1. The number of carbonyl (C=O) groups is 2. The van der Waals surface area contributed by atoms with Gasteiger partial charge in [-0.25, -0.2) is 17.9 Å². The number of nitrogens with zero attached hydrogens (tertiary/aromatic N) is 3. The summed E-state index contributed by atoms with van der Waals surface area (Å²) in [6.45, 7) is 3.93. The first-order chi connectivity index (χ1) is 12.7. The number of carbonyl (C=O) groups excluding carboxylic acids is 2. The summed E-state index contributed by atoms with van der Waals surface area (Å²) in [6, 6.07) is -0.125. The van der Waals surface area contributed by atoms with E-state index in [-0.39, 0.29) is 30.1 Å². The van der Waals surface area contributed by atoms with Gasteiger partial charge in [0.05, 0.1) is 5.25 Å². The fraction of sp³-hybridized carbons (Fsp3) is 0.889. The fourth-order valence-electron chi connectivity index (χ4n) is 4.77. The van der Waals surface area contributed by atoms with Crippen molar-refractivity contribution in [3.63, 3.8) is 0 Å². The van der Waals surface area contributed by atoms with E-state index in [1.54, 1.807) is 16.8 Å². The van der Waals surface area contributed by atoms with E-state index in [2.05, 4.69) is 4.72 Å². The summed E-state index contributed by atoms with van der Waals surface area (Å²) in [4.78, 5) is 30.0. The summed E-state index contributed by atoms with van der Waals surface area (Å²) in [6.07, 6.45) is 4.76. The molecule has 9 heteroatoms. The molecule has 0 radical (unpaired) electrons. The number of sulfonamides is 1. The van der Waals surface area contributed by atoms with Crippen LogP contribution in [0.3, 0.4) is 0 Å². The van der Waals surface area contributed by atoms with Crippen molar-refractivity contribution in [2.45, 2.75) is 62.3 Å². The molecule has 0 aromatic rings. The van der Waals surface area contributed by atoms with Crippen molar-refractivity contribution in [2.75, 3.05) is 33.2 Å². The van der Waals surface area contributed by atoms with Gasteiger partial charge in [-0.3, -0.25) is 4.79 Å². The number of fused-ring (bicyclic) bond motifs is 1. The van der Waals surface area contributed by atoms with Crippen LogP contribution in [-0.4, -0.2) is 85.1 Å². The average molecular weight is 399 g/mol. The van der Waals surface area contributed by atoms with Crippen LogP contribution >= 0.6 is 0 Å². The number of likely N-dealkylation sites (tertiary alicyclic amines) is 1. The van der Waals surface area contributed by atoms with Crippen molar-refractivity contribution >= 4 is 22.0 Å². The van der Waals surface area contributed by atoms with E-state index in [1.807, 2.05) is 11.8 Å². The average Bonchev–Trinajstić information content (AvgIpc) is 3.04. The number of hydrogen-bond acceptors (Lipinski definition) is 4. The van der Waals surface area contributed by atoms with Gasteiger partial charge >= 0.3 is 6.03 Å². The highest BCUT2D eigenvalue weighted by Crippen LogP contribution is 2.41. The van der Waals surface area contributed by atoms with E-state index >= 15 is 0 Å². The van der Waals surface area contributed by atoms with Gasteiger partial charge in [0.2, 0.25) is 15.9 Å². The molecule has 0 aromatic heterocycles. The lowest BCUT2D eigenvalue weighted by Crippen LogP contribution is -2.50. The predicted octanol–water partition coefficient (Wildman–Crippen LogP) is 0.595. The third-order valence-corrected chi connectivity index (χ3v) is 8.91. The van der Waals surface area contributed by atoms with Crippen molar-refractivity contribution in [2.24, 2.45) is 5.92 Å². The molecule has 3 unspecified atom stereocenters. The minimum Gasteiger partial charge on any atom is -0.338 e. The van der Waals surface area contributed by atoms with Gasteiger partial charge in [-0.2, -0.15) is 0 Å². The summed E-state index contributed by atoms with van der Waals surface area (Å²) in [5.74, 6) is 0.333. The maximum atomic E-state index is 12.9. The van der Waals surface area contributed by atoms with Gasteiger partial charge in [0.25, 0.3) is 0 Å². The summed E-state index contributed by atoms with van der Waals surface area (Å²) in [7, 11) is -1.63. The molecule has 1 N–H and O–H groups in total. The van der Waals surface area contributed by atoms with Crippen LogP contribution in [0.2, 0.25) is 0 Å². The van der Waals surface area contributed by atoms with Crippen LogP contribution in [0.1, 0.15) is 45.4 Å². The molecule has 4 aliphatic rings. The highest BCUT2D eigenvalue weighted by molar-refractivity contribution is 7.90. The first-order valence-corrected chi connectivity index (χ1v) is 11.6. The number of hydrogen-bond donors (Lipinski definition) is 1. The maximum Gasteiger partial charge on any atom is 0.320 e. The first-order valence-electron chi connectivity index (χ1n) is 10.0. The molecule has 152 valence electrons. The van der Waals surface area contributed by atoms with E-state index < -0.39 is 15.3 Å². The van der Waals surface area contributed by atoms with Gasteiger partial charge in [0, 0.05) is 38.3 Å². The molecule has 0 spiro atoms. The highest BCUT2D eigenvalue weighted by Gasteiger charge is 2.48. The first kappa shape index (κ1) is 19.0. The summed E-state index contributed by atoms with van der Waals surface area (Å²) < 4.78 is 28.5. The molecule has 2 saturated carbocycles. The summed E-state index contributed by atoms with van der Waals surface area (Å²) in [5.41, 5.74) is -0.261. The molecule has 27 heavy (non-hydrogen) atoms. The normalized spacial score (nSPS) is 32.7. The number of nitrogens with one attached hydrogen (secondary N) is 1. The third kappa shape index (κ3) is 3.68. The van der Waals surface area contributed by atoms with Crippen molar-refractivity contribution in [3.8, 4) is 0 Å². The largest absolute Gasteiger partial charge is 0.338 e. The van der Waals surface area contributed by atoms with E-state index in [4.69, 9.17) is 0 Å². The Labute approximate surface area is 161 Å². The Hall–Kier alpha value is -1.35. The molecular formula is C18H30N4O4S. The standard InChI is InChI=1S/C18H30N4O4S/c1-18(6-7-18)19-27(25,26)14-4-3-13-5-8-22(15(13)11-14)16(23)12-21-10-9-20(2)17(21)24/h13-15,19H,3-12H2,1-2H3. The molecule has 4 fully saturated rings. The van der Waals surface area contributed by atoms with E-state index in [1.165, 1.54) is 0 Å². The van der Waals surface area contributed by atoms with Crippen LogP contribution in [0, 0.1) is 5.92 Å². The minimum atomic E-state index is -3.36. The Morgan fingerprint density at radius 3 is 2.56 bits per heavy atom. The molecule has 3 amide bonds. The second-order valence-corrected chi connectivity index (χ2v) is 10.9. The Bertz CT molecular complexity index is 736. The zero-order chi connectivity index (χ0) is 19.4. The van der Waals surface area contributed by atoms with Crippen molar-refractivity contribution in [3.05, 3.63) is 0 Å². The van der Waals surface area contributed by atoms with E-state index in [9.17, 15) is 18.0 Å². The van der Waals surface area contributed by atoms with Gasteiger partial charge in [-0.05, 0) is 51.4 Å². The Morgan fingerprint density at radius 1 is 1.19 bits per heavy atom. The van der Waals surface area contributed by atoms with Crippen molar-refractivity contribution in [1.82, 2.24) is 19.4 Å². The summed E-state index contributed by atoms with van der Waals surface area (Å²) >= 11 is 0. The summed E-state index contributed by atoms with van der Waals surface area (Å²) in [5, 5.41) is -0.427.